The van der Waals surface area contributed by atoms with Gasteiger partial charge in [0.05, 0.1) is 11.3 Å². The first kappa shape index (κ1) is 8.98. The van der Waals surface area contributed by atoms with Crippen molar-refractivity contribution in [3.63, 3.8) is 0 Å². The zero-order valence-corrected chi connectivity index (χ0v) is 6.39. The van der Waals surface area contributed by atoms with Gasteiger partial charge in [0, 0.05) is 0 Å². The monoisotopic (exact) mass is 182 g/mol. The van der Waals surface area contributed by atoms with Gasteiger partial charge in [0.2, 0.25) is 0 Å². The van der Waals surface area contributed by atoms with Gasteiger partial charge in [-0.15, -0.1) is 4.91 Å². The molecule has 1 aromatic rings. The van der Waals surface area contributed by atoms with Crippen molar-refractivity contribution in [2.45, 2.75) is 0 Å². The van der Waals surface area contributed by atoms with E-state index in [-0.39, 0.29) is 22.7 Å². The van der Waals surface area contributed by atoms with Gasteiger partial charge in [0.15, 0.2) is 0 Å². The molecular weight excluding hydrogens is 176 g/mol. The van der Waals surface area contributed by atoms with Crippen molar-refractivity contribution < 1.29 is 15.0 Å². The highest BCUT2D eigenvalue weighted by Gasteiger charge is 2.13. The summed E-state index contributed by atoms with van der Waals surface area (Å²) in [6.07, 6.45) is 0. The van der Waals surface area contributed by atoms with Crippen molar-refractivity contribution >= 4 is 17.3 Å². The van der Waals surface area contributed by atoms with Crippen LogP contribution in [0.1, 0.15) is 10.4 Å². The number of hydrogen-bond acceptors (Lipinski definition) is 5. The summed E-state index contributed by atoms with van der Waals surface area (Å²) in [5.74, 6) is -1.73. The molecule has 0 bridgehead atoms. The fraction of sp³-hybridized carbons (Fsp3) is 0. The van der Waals surface area contributed by atoms with Crippen molar-refractivity contribution in [1.82, 2.24) is 0 Å². The first-order valence-electron chi connectivity index (χ1n) is 3.25. The zero-order valence-electron chi connectivity index (χ0n) is 6.39. The van der Waals surface area contributed by atoms with Crippen LogP contribution in [-0.4, -0.2) is 16.2 Å². The van der Waals surface area contributed by atoms with Gasteiger partial charge in [-0.05, 0) is 17.3 Å². The van der Waals surface area contributed by atoms with Crippen molar-refractivity contribution in [2.24, 2.45) is 5.18 Å². The summed E-state index contributed by atoms with van der Waals surface area (Å²) in [6, 6.07) is 1.89. The van der Waals surface area contributed by atoms with E-state index in [2.05, 4.69) is 5.18 Å². The van der Waals surface area contributed by atoms with Gasteiger partial charge >= 0.3 is 5.97 Å². The van der Waals surface area contributed by atoms with Crippen LogP contribution in [0.2, 0.25) is 0 Å². The molecule has 4 N–H and O–H groups in total. The van der Waals surface area contributed by atoms with E-state index in [4.69, 9.17) is 15.9 Å². The SMILES string of the molecule is Nc1cc(N=O)c(C(=O)O)cc1O. The van der Waals surface area contributed by atoms with Gasteiger partial charge in [-0.3, -0.25) is 0 Å². The van der Waals surface area contributed by atoms with E-state index in [0.29, 0.717) is 0 Å². The number of carbonyl (C=O) groups is 1. The van der Waals surface area contributed by atoms with Crippen molar-refractivity contribution in [3.8, 4) is 5.75 Å². The third-order valence-corrected chi connectivity index (χ3v) is 1.47. The molecule has 6 nitrogen and oxygen atoms in total. The number of carboxylic acid groups (broad SMARTS) is 1. The molecule has 0 aromatic heterocycles. The maximum atomic E-state index is 10.5. The van der Waals surface area contributed by atoms with E-state index in [9.17, 15) is 9.70 Å². The van der Waals surface area contributed by atoms with Crippen LogP contribution < -0.4 is 5.73 Å². The number of nitrogen functional groups attached to an aromatic ring is 1. The van der Waals surface area contributed by atoms with Crippen LogP contribution in [0.3, 0.4) is 0 Å². The Bertz CT molecular complexity index is 375. The Labute approximate surface area is 72.6 Å². The molecule has 0 aliphatic carbocycles. The lowest BCUT2D eigenvalue weighted by atomic mass is 10.1. The summed E-state index contributed by atoms with van der Waals surface area (Å²) in [5.41, 5.74) is 4.46. The van der Waals surface area contributed by atoms with Crippen LogP contribution in [-0.2, 0) is 0 Å². The number of aromatic hydroxyl groups is 1. The highest BCUT2D eigenvalue weighted by molar-refractivity contribution is 5.95. The maximum Gasteiger partial charge on any atom is 0.338 e. The average Bonchev–Trinajstić information content (AvgIpc) is 2.08. The number of nitrogens with zero attached hydrogens (tertiary/aromatic N) is 1. The van der Waals surface area contributed by atoms with Crippen LogP contribution in [0.25, 0.3) is 0 Å². The molecule has 0 atom stereocenters. The second-order valence-electron chi connectivity index (χ2n) is 2.32. The molecule has 0 aliphatic rings. The standard InChI is InChI=1S/C7H6N2O4/c8-4-2-5(9-13)3(7(11)12)1-6(4)10/h1-2,10H,8H2,(H,11,12). The molecule has 0 heterocycles. The summed E-state index contributed by atoms with van der Waals surface area (Å²) in [4.78, 5) is 20.6. The largest absolute Gasteiger partial charge is 0.506 e. The number of anilines is 1. The maximum absolute atomic E-state index is 10.5. The number of phenolic OH excluding ortho intramolecular Hbond substituents is 1. The van der Waals surface area contributed by atoms with Crippen molar-refractivity contribution in [2.75, 3.05) is 5.73 Å². The van der Waals surface area contributed by atoms with Gasteiger partial charge in [0.1, 0.15) is 11.4 Å². The number of hydrogen-bond donors (Lipinski definition) is 3. The number of carboxylic acids is 1. The molecule has 0 saturated heterocycles. The predicted octanol–water partition coefficient (Wildman–Crippen LogP) is 1.07. The minimum Gasteiger partial charge on any atom is -0.506 e. The molecule has 0 aliphatic heterocycles. The van der Waals surface area contributed by atoms with Gasteiger partial charge in [-0.25, -0.2) is 4.79 Å². The first-order chi connectivity index (χ1) is 6.06. The topological polar surface area (TPSA) is 113 Å². The molecule has 0 spiro atoms. The Balaban J connectivity index is 3.41. The lowest BCUT2D eigenvalue weighted by Gasteiger charge is -2.01. The third kappa shape index (κ3) is 1.56. The summed E-state index contributed by atoms with van der Waals surface area (Å²) in [6.45, 7) is 0. The molecule has 0 saturated carbocycles. The minimum atomic E-state index is -1.34. The molecule has 0 amide bonds. The minimum absolute atomic E-state index is 0.0837. The fourth-order valence-electron chi connectivity index (χ4n) is 0.840. The normalized spacial score (nSPS) is 9.54. The zero-order chi connectivity index (χ0) is 10.0. The van der Waals surface area contributed by atoms with E-state index in [1.54, 1.807) is 0 Å². The lowest BCUT2D eigenvalue weighted by Crippen LogP contribution is -1.97. The molecule has 0 fully saturated rings. The molecule has 1 aromatic carbocycles. The predicted molar refractivity (Wildman–Crippen MR) is 44.9 cm³/mol. The van der Waals surface area contributed by atoms with Crippen LogP contribution in [0, 0.1) is 4.91 Å². The first-order valence-corrected chi connectivity index (χ1v) is 3.25. The van der Waals surface area contributed by atoms with Gasteiger partial charge in [0.25, 0.3) is 0 Å². The van der Waals surface area contributed by atoms with E-state index >= 15 is 0 Å². The third-order valence-electron chi connectivity index (χ3n) is 1.47. The highest BCUT2D eigenvalue weighted by Crippen LogP contribution is 2.29. The second-order valence-corrected chi connectivity index (χ2v) is 2.32. The summed E-state index contributed by atoms with van der Waals surface area (Å²) in [7, 11) is 0. The summed E-state index contributed by atoms with van der Waals surface area (Å²) >= 11 is 0. The molecular formula is C7H6N2O4. The van der Waals surface area contributed by atoms with Gasteiger partial charge in [-0.1, -0.05) is 0 Å². The Hall–Kier alpha value is -2.11. The van der Waals surface area contributed by atoms with Gasteiger partial charge in [-0.2, -0.15) is 0 Å². The number of nitroso groups, excluding NO2 is 1. The summed E-state index contributed by atoms with van der Waals surface area (Å²) in [5, 5.41) is 20.1. The lowest BCUT2D eigenvalue weighted by molar-refractivity contribution is 0.0697. The molecule has 13 heavy (non-hydrogen) atoms. The number of nitrogens with two attached hydrogens (primary N) is 1. The Morgan fingerprint density at radius 2 is 2.08 bits per heavy atom. The Morgan fingerprint density at radius 3 is 2.54 bits per heavy atom. The van der Waals surface area contributed by atoms with Crippen LogP contribution >= 0.6 is 0 Å². The Morgan fingerprint density at radius 1 is 1.46 bits per heavy atom. The number of benzene rings is 1. The quantitative estimate of drug-likeness (QED) is 0.359. The van der Waals surface area contributed by atoms with Crippen LogP contribution in [0.5, 0.6) is 5.75 Å². The number of rotatable bonds is 2. The average molecular weight is 182 g/mol. The van der Waals surface area contributed by atoms with E-state index < -0.39 is 5.97 Å². The smallest absolute Gasteiger partial charge is 0.338 e. The van der Waals surface area contributed by atoms with Crippen molar-refractivity contribution in [1.29, 1.82) is 0 Å². The second kappa shape index (κ2) is 3.10. The Kier molecular flexibility index (Phi) is 2.14. The summed E-state index contributed by atoms with van der Waals surface area (Å²) < 4.78 is 0. The van der Waals surface area contributed by atoms with Crippen LogP contribution in [0.4, 0.5) is 11.4 Å². The number of phenols is 1. The molecule has 1 rings (SSSR count). The van der Waals surface area contributed by atoms with E-state index in [1.165, 1.54) is 0 Å². The molecule has 6 heteroatoms. The van der Waals surface area contributed by atoms with E-state index in [0.717, 1.165) is 12.1 Å². The molecule has 68 valence electrons. The molecule has 0 unspecified atom stereocenters. The fourth-order valence-corrected chi connectivity index (χ4v) is 0.840. The van der Waals surface area contributed by atoms with E-state index in [1.807, 2.05) is 0 Å². The number of aromatic carboxylic acids is 1. The van der Waals surface area contributed by atoms with Crippen molar-refractivity contribution in [3.05, 3.63) is 22.6 Å². The van der Waals surface area contributed by atoms with Gasteiger partial charge < -0.3 is 15.9 Å². The molecule has 0 radical (unpaired) electrons. The highest BCUT2D eigenvalue weighted by atomic mass is 16.4. The van der Waals surface area contributed by atoms with Crippen LogP contribution in [0.15, 0.2) is 17.3 Å².